The van der Waals surface area contributed by atoms with Gasteiger partial charge < -0.3 is 19.7 Å². The Hall–Kier alpha value is -0.950. The third-order valence-electron chi connectivity index (χ3n) is 3.30. The van der Waals surface area contributed by atoms with E-state index in [9.17, 15) is 8.78 Å². The fourth-order valence-corrected chi connectivity index (χ4v) is 2.27. The van der Waals surface area contributed by atoms with Crippen LogP contribution < -0.4 is 5.32 Å². The van der Waals surface area contributed by atoms with Gasteiger partial charge in [0.2, 0.25) is 0 Å². The number of rotatable bonds is 8. The Labute approximate surface area is 125 Å². The lowest BCUT2D eigenvalue weighted by atomic mass is 10.1. The lowest BCUT2D eigenvalue weighted by Gasteiger charge is -2.34. The lowest BCUT2D eigenvalue weighted by molar-refractivity contribution is 0.00984. The summed E-state index contributed by atoms with van der Waals surface area (Å²) in [5, 5.41) is 3.07. The fourth-order valence-electron chi connectivity index (χ4n) is 2.27. The third kappa shape index (κ3) is 7.57. The number of nitrogens with one attached hydrogen (secondary N) is 1. The Balaban J connectivity index is 2.33. The molecule has 1 N–H and O–H groups in total. The average molecular weight is 307 g/mol. The molecule has 0 aromatic carbocycles. The molecule has 5 nitrogen and oxygen atoms in total. The number of aliphatic imine (C=N–C) groups is 1. The minimum Gasteiger partial charge on any atom is -0.385 e. The highest BCUT2D eigenvalue weighted by molar-refractivity contribution is 5.80. The van der Waals surface area contributed by atoms with Crippen LogP contribution in [-0.2, 0) is 9.47 Å². The molecule has 1 aliphatic rings. The molecule has 7 heteroatoms. The number of piperidine rings is 1. The summed E-state index contributed by atoms with van der Waals surface area (Å²) in [6.07, 6.45) is 0.532. The van der Waals surface area contributed by atoms with Crippen molar-refractivity contribution >= 4 is 5.96 Å². The Bertz CT molecular complexity index is 296. The van der Waals surface area contributed by atoms with E-state index in [1.807, 2.05) is 11.8 Å². The van der Waals surface area contributed by atoms with Gasteiger partial charge in [-0.25, -0.2) is 13.8 Å². The quantitative estimate of drug-likeness (QED) is 0.421. The van der Waals surface area contributed by atoms with E-state index in [-0.39, 0.29) is 6.10 Å². The molecule has 1 aliphatic heterocycles. The molecule has 0 aromatic heterocycles. The van der Waals surface area contributed by atoms with Crippen molar-refractivity contribution in [3.05, 3.63) is 0 Å². The van der Waals surface area contributed by atoms with E-state index in [0.29, 0.717) is 25.7 Å². The van der Waals surface area contributed by atoms with E-state index in [0.717, 1.165) is 32.4 Å². The summed E-state index contributed by atoms with van der Waals surface area (Å²) < 4.78 is 35.3. The Morgan fingerprint density at radius 2 is 2.05 bits per heavy atom. The van der Waals surface area contributed by atoms with Crippen molar-refractivity contribution in [3.8, 4) is 0 Å². The summed E-state index contributed by atoms with van der Waals surface area (Å²) in [6.45, 7) is 5.14. The molecule has 124 valence electrons. The van der Waals surface area contributed by atoms with E-state index in [1.54, 1.807) is 7.11 Å². The molecular formula is C14H27F2N3O2. The van der Waals surface area contributed by atoms with Crippen molar-refractivity contribution in [2.24, 2.45) is 4.99 Å². The van der Waals surface area contributed by atoms with Crippen molar-refractivity contribution in [3.63, 3.8) is 0 Å². The van der Waals surface area contributed by atoms with Gasteiger partial charge in [0.05, 0.1) is 6.10 Å². The standard InChI is InChI=1S/C14H27F2N3O2/c1-3-17-14(18-11-13(15)16)19-7-5-12(6-8-19)21-10-4-9-20-2/h12-13H,3-11H2,1-2H3,(H,17,18). The van der Waals surface area contributed by atoms with E-state index in [1.165, 1.54) is 0 Å². The molecule has 0 bridgehead atoms. The number of halogens is 2. The Morgan fingerprint density at radius 3 is 2.62 bits per heavy atom. The zero-order valence-electron chi connectivity index (χ0n) is 13.0. The summed E-state index contributed by atoms with van der Waals surface area (Å²) in [5.74, 6) is 0.579. The van der Waals surface area contributed by atoms with E-state index in [2.05, 4.69) is 10.3 Å². The number of likely N-dealkylation sites (tertiary alicyclic amines) is 1. The van der Waals surface area contributed by atoms with E-state index in [4.69, 9.17) is 9.47 Å². The smallest absolute Gasteiger partial charge is 0.257 e. The van der Waals surface area contributed by atoms with Gasteiger partial charge in [-0.1, -0.05) is 0 Å². The van der Waals surface area contributed by atoms with Crippen LogP contribution in [0, 0.1) is 0 Å². The van der Waals surface area contributed by atoms with Crippen LogP contribution >= 0.6 is 0 Å². The van der Waals surface area contributed by atoms with Gasteiger partial charge in [-0.05, 0) is 26.2 Å². The second kappa shape index (κ2) is 10.7. The van der Waals surface area contributed by atoms with Crippen LogP contribution in [-0.4, -0.2) is 69.9 Å². The largest absolute Gasteiger partial charge is 0.385 e. The molecule has 0 spiro atoms. The van der Waals surface area contributed by atoms with Crippen molar-refractivity contribution in [2.45, 2.75) is 38.7 Å². The molecule has 0 aromatic rings. The van der Waals surface area contributed by atoms with E-state index >= 15 is 0 Å². The van der Waals surface area contributed by atoms with Crippen molar-refractivity contribution in [2.75, 3.05) is 46.5 Å². The normalized spacial score (nSPS) is 17.6. The second-order valence-corrected chi connectivity index (χ2v) is 4.99. The monoisotopic (exact) mass is 307 g/mol. The van der Waals surface area contributed by atoms with Crippen LogP contribution in [0.1, 0.15) is 26.2 Å². The summed E-state index contributed by atoms with van der Waals surface area (Å²) in [4.78, 5) is 6.00. The maximum absolute atomic E-state index is 12.3. The topological polar surface area (TPSA) is 46.1 Å². The first kappa shape index (κ1) is 18.1. The van der Waals surface area contributed by atoms with Crippen molar-refractivity contribution in [1.29, 1.82) is 0 Å². The van der Waals surface area contributed by atoms with Gasteiger partial charge in [0.1, 0.15) is 6.54 Å². The molecule has 1 rings (SSSR count). The van der Waals surface area contributed by atoms with Gasteiger partial charge in [0.15, 0.2) is 5.96 Å². The number of hydrogen-bond acceptors (Lipinski definition) is 3. The SMILES string of the molecule is CCNC(=NCC(F)F)N1CCC(OCCCOC)CC1. The summed E-state index contributed by atoms with van der Waals surface area (Å²) in [5.41, 5.74) is 0. The zero-order valence-corrected chi connectivity index (χ0v) is 13.0. The van der Waals surface area contributed by atoms with Gasteiger partial charge in [0.25, 0.3) is 6.43 Å². The number of ether oxygens (including phenoxy) is 2. The van der Waals surface area contributed by atoms with Gasteiger partial charge >= 0.3 is 0 Å². The van der Waals surface area contributed by atoms with Crippen LogP contribution in [0.2, 0.25) is 0 Å². The number of alkyl halides is 2. The first-order valence-corrected chi connectivity index (χ1v) is 7.59. The molecule has 0 radical (unpaired) electrons. The van der Waals surface area contributed by atoms with Crippen molar-refractivity contribution in [1.82, 2.24) is 10.2 Å². The van der Waals surface area contributed by atoms with Gasteiger partial charge in [-0.3, -0.25) is 0 Å². The summed E-state index contributed by atoms with van der Waals surface area (Å²) >= 11 is 0. The lowest BCUT2D eigenvalue weighted by Crippen LogP contribution is -2.47. The van der Waals surface area contributed by atoms with Crippen LogP contribution in [0.15, 0.2) is 4.99 Å². The molecular weight excluding hydrogens is 280 g/mol. The number of guanidine groups is 1. The van der Waals surface area contributed by atoms with Crippen molar-refractivity contribution < 1.29 is 18.3 Å². The molecule has 0 atom stereocenters. The molecule has 21 heavy (non-hydrogen) atoms. The second-order valence-electron chi connectivity index (χ2n) is 4.99. The van der Waals surface area contributed by atoms with Crippen LogP contribution in [0.4, 0.5) is 8.78 Å². The molecule has 0 amide bonds. The van der Waals surface area contributed by atoms with Gasteiger partial charge in [0, 0.05) is 40.0 Å². The number of methoxy groups -OCH3 is 1. The highest BCUT2D eigenvalue weighted by Crippen LogP contribution is 2.14. The first-order chi connectivity index (χ1) is 10.2. The highest BCUT2D eigenvalue weighted by Gasteiger charge is 2.22. The summed E-state index contributed by atoms with van der Waals surface area (Å²) in [7, 11) is 1.68. The minimum atomic E-state index is -2.40. The van der Waals surface area contributed by atoms with Crippen LogP contribution in [0.25, 0.3) is 0 Å². The predicted octanol–water partition coefficient (Wildman–Crippen LogP) is 1.73. The zero-order chi connectivity index (χ0) is 15.5. The minimum absolute atomic E-state index is 0.246. The fraction of sp³-hybridized carbons (Fsp3) is 0.929. The molecule has 1 heterocycles. The van der Waals surface area contributed by atoms with E-state index < -0.39 is 13.0 Å². The molecule has 1 saturated heterocycles. The third-order valence-corrected chi connectivity index (χ3v) is 3.30. The van der Waals surface area contributed by atoms with Crippen LogP contribution in [0.5, 0.6) is 0 Å². The Kier molecular flexibility index (Phi) is 9.25. The van der Waals surface area contributed by atoms with Crippen LogP contribution in [0.3, 0.4) is 0 Å². The molecule has 0 aliphatic carbocycles. The Morgan fingerprint density at radius 1 is 1.33 bits per heavy atom. The molecule has 0 unspecified atom stereocenters. The highest BCUT2D eigenvalue weighted by atomic mass is 19.3. The maximum Gasteiger partial charge on any atom is 0.257 e. The first-order valence-electron chi connectivity index (χ1n) is 7.59. The van der Waals surface area contributed by atoms with Gasteiger partial charge in [-0.2, -0.15) is 0 Å². The predicted molar refractivity (Wildman–Crippen MR) is 79.0 cm³/mol. The summed E-state index contributed by atoms with van der Waals surface area (Å²) in [6, 6.07) is 0. The number of nitrogens with zero attached hydrogens (tertiary/aromatic N) is 2. The molecule has 0 saturated carbocycles. The van der Waals surface area contributed by atoms with Gasteiger partial charge in [-0.15, -0.1) is 0 Å². The maximum atomic E-state index is 12.3. The molecule has 1 fully saturated rings. The number of hydrogen-bond donors (Lipinski definition) is 1. The average Bonchev–Trinajstić information content (AvgIpc) is 2.48.